The quantitative estimate of drug-likeness (QED) is 0.931. The van der Waals surface area contributed by atoms with Crippen molar-refractivity contribution in [3.8, 4) is 0 Å². The number of aliphatic imine (C=N–C) groups is 1. The summed E-state index contributed by atoms with van der Waals surface area (Å²) in [5.74, 6) is 1.02. The maximum atomic E-state index is 4.63. The van der Waals surface area contributed by atoms with Crippen molar-refractivity contribution >= 4 is 11.5 Å². The van der Waals surface area contributed by atoms with Gasteiger partial charge in [-0.1, -0.05) is 42.5 Å². The van der Waals surface area contributed by atoms with Gasteiger partial charge in [0, 0.05) is 37.9 Å². The minimum Gasteiger partial charge on any atom is -0.370 e. The molecule has 1 N–H and O–H groups in total. The van der Waals surface area contributed by atoms with E-state index in [0.717, 1.165) is 31.9 Å². The third kappa shape index (κ3) is 3.24. The molecule has 0 bridgehead atoms. The van der Waals surface area contributed by atoms with E-state index in [1.54, 1.807) is 0 Å². The number of hydrogen-bond acceptors (Lipinski definition) is 3. The van der Waals surface area contributed by atoms with Crippen molar-refractivity contribution in [2.45, 2.75) is 13.0 Å². The van der Waals surface area contributed by atoms with Crippen molar-refractivity contribution in [2.75, 3.05) is 25.0 Å². The molecule has 0 radical (unpaired) electrons. The first-order chi connectivity index (χ1) is 10.3. The maximum absolute atomic E-state index is 4.63. The molecule has 0 fully saturated rings. The highest BCUT2D eigenvalue weighted by Gasteiger charge is 2.14. The minimum atomic E-state index is 0.894. The third-order valence-electron chi connectivity index (χ3n) is 3.73. The fraction of sp³-hybridized carbons (Fsp3) is 0.278. The van der Waals surface area contributed by atoms with Crippen LogP contribution in [0.15, 0.2) is 59.6 Å². The summed E-state index contributed by atoms with van der Waals surface area (Å²) in [7, 11) is 2.13. The average Bonchev–Trinajstić information content (AvgIpc) is 2.56. The molecule has 3 nitrogen and oxygen atoms in total. The lowest BCUT2D eigenvalue weighted by molar-refractivity contribution is 0.742. The van der Waals surface area contributed by atoms with E-state index >= 15 is 0 Å². The Labute approximate surface area is 126 Å². The Morgan fingerprint density at radius 3 is 2.57 bits per heavy atom. The van der Waals surface area contributed by atoms with Crippen LogP contribution in [-0.4, -0.2) is 26.0 Å². The van der Waals surface area contributed by atoms with Crippen LogP contribution in [0.1, 0.15) is 17.5 Å². The van der Waals surface area contributed by atoms with Crippen LogP contribution in [0, 0.1) is 0 Å². The number of rotatable bonds is 4. The van der Waals surface area contributed by atoms with Crippen LogP contribution >= 0.6 is 0 Å². The van der Waals surface area contributed by atoms with E-state index < -0.39 is 0 Å². The molecule has 0 aromatic heterocycles. The largest absolute Gasteiger partial charge is 0.370 e. The van der Waals surface area contributed by atoms with Gasteiger partial charge in [-0.25, -0.2) is 0 Å². The molecule has 0 saturated heterocycles. The first-order valence-corrected chi connectivity index (χ1v) is 7.47. The number of hydrogen-bond donors (Lipinski definition) is 1. The highest BCUT2D eigenvalue weighted by molar-refractivity contribution is 6.03. The summed E-state index contributed by atoms with van der Waals surface area (Å²) < 4.78 is 0. The van der Waals surface area contributed by atoms with E-state index in [9.17, 15) is 0 Å². The van der Waals surface area contributed by atoms with Crippen molar-refractivity contribution in [3.63, 3.8) is 0 Å². The van der Waals surface area contributed by atoms with Crippen molar-refractivity contribution in [1.82, 2.24) is 5.32 Å². The Bertz CT molecular complexity index is 619. The lowest BCUT2D eigenvalue weighted by atomic mass is 10.1. The Morgan fingerprint density at radius 2 is 1.81 bits per heavy atom. The number of anilines is 1. The molecule has 0 unspecified atom stereocenters. The fourth-order valence-electron chi connectivity index (χ4n) is 2.66. The molecule has 0 spiro atoms. The van der Waals surface area contributed by atoms with Gasteiger partial charge in [-0.3, -0.25) is 4.99 Å². The van der Waals surface area contributed by atoms with Gasteiger partial charge in [-0.2, -0.15) is 0 Å². The van der Waals surface area contributed by atoms with Crippen LogP contribution in [0.2, 0.25) is 0 Å². The van der Waals surface area contributed by atoms with E-state index in [2.05, 4.69) is 76.9 Å². The molecule has 0 amide bonds. The van der Waals surface area contributed by atoms with Gasteiger partial charge >= 0.3 is 0 Å². The van der Waals surface area contributed by atoms with Crippen LogP contribution in [0.3, 0.4) is 0 Å². The molecule has 0 aliphatic carbocycles. The van der Waals surface area contributed by atoms with Crippen molar-refractivity contribution in [1.29, 1.82) is 0 Å². The average molecular weight is 279 g/mol. The predicted molar refractivity (Wildman–Crippen MR) is 89.0 cm³/mol. The Hall–Kier alpha value is -2.29. The maximum Gasteiger partial charge on any atom is 0.130 e. The number of nitrogens with zero attached hydrogens (tertiary/aromatic N) is 2. The van der Waals surface area contributed by atoms with Gasteiger partial charge in [0.05, 0.1) is 0 Å². The lowest BCUT2D eigenvalue weighted by Crippen LogP contribution is -2.32. The van der Waals surface area contributed by atoms with Gasteiger partial charge < -0.3 is 10.2 Å². The zero-order valence-electron chi connectivity index (χ0n) is 12.4. The topological polar surface area (TPSA) is 27.6 Å². The van der Waals surface area contributed by atoms with E-state index in [1.807, 2.05) is 0 Å². The summed E-state index contributed by atoms with van der Waals surface area (Å²) >= 11 is 0. The fourth-order valence-corrected chi connectivity index (χ4v) is 2.66. The molecule has 3 rings (SSSR count). The molecule has 2 aromatic carbocycles. The summed E-state index contributed by atoms with van der Waals surface area (Å²) in [6.07, 6.45) is 1.12. The monoisotopic (exact) mass is 279 g/mol. The Kier molecular flexibility index (Phi) is 4.20. The zero-order valence-corrected chi connectivity index (χ0v) is 12.4. The van der Waals surface area contributed by atoms with E-state index in [-0.39, 0.29) is 0 Å². The van der Waals surface area contributed by atoms with Crippen LogP contribution in [0.4, 0.5) is 5.69 Å². The molecule has 3 heteroatoms. The van der Waals surface area contributed by atoms with Gasteiger partial charge in [0.15, 0.2) is 0 Å². The molecule has 1 aliphatic heterocycles. The normalized spacial score (nSPS) is 14.2. The Morgan fingerprint density at radius 1 is 1.05 bits per heavy atom. The standard InChI is InChI=1S/C18H21N3/c1-21(14-15-8-3-2-4-9-15)17-11-6-5-10-16(17)18-19-12-7-13-20-18/h2-6,8-11H,7,12-14H2,1H3,(H,19,20). The van der Waals surface area contributed by atoms with Gasteiger partial charge in [-0.05, 0) is 24.1 Å². The molecular formula is C18H21N3. The second kappa shape index (κ2) is 6.44. The smallest absolute Gasteiger partial charge is 0.130 e. The SMILES string of the molecule is CN(Cc1ccccc1)c1ccccc1C1=NCCCN1. The predicted octanol–water partition coefficient (Wildman–Crippen LogP) is 3.06. The van der Waals surface area contributed by atoms with Gasteiger partial charge in [0.1, 0.15) is 5.84 Å². The van der Waals surface area contributed by atoms with Crippen molar-refractivity contribution in [2.24, 2.45) is 4.99 Å². The summed E-state index contributed by atoms with van der Waals surface area (Å²) in [5.41, 5.74) is 3.72. The van der Waals surface area contributed by atoms with Gasteiger partial charge in [0.2, 0.25) is 0 Å². The summed E-state index contributed by atoms with van der Waals surface area (Å²) in [6.45, 7) is 2.82. The molecule has 0 atom stereocenters. The van der Waals surface area contributed by atoms with Crippen molar-refractivity contribution in [3.05, 3.63) is 65.7 Å². The van der Waals surface area contributed by atoms with Crippen LogP contribution in [0.5, 0.6) is 0 Å². The van der Waals surface area contributed by atoms with E-state index in [4.69, 9.17) is 0 Å². The van der Waals surface area contributed by atoms with E-state index in [1.165, 1.54) is 16.8 Å². The lowest BCUT2D eigenvalue weighted by Gasteiger charge is -2.24. The minimum absolute atomic E-state index is 0.894. The molecule has 108 valence electrons. The third-order valence-corrected chi connectivity index (χ3v) is 3.73. The van der Waals surface area contributed by atoms with Crippen LogP contribution in [0.25, 0.3) is 0 Å². The number of para-hydroxylation sites is 1. The van der Waals surface area contributed by atoms with Gasteiger partial charge in [-0.15, -0.1) is 0 Å². The van der Waals surface area contributed by atoms with E-state index in [0.29, 0.717) is 0 Å². The Balaban J connectivity index is 1.86. The second-order valence-corrected chi connectivity index (χ2v) is 5.37. The van der Waals surface area contributed by atoms with Gasteiger partial charge in [0.25, 0.3) is 0 Å². The van der Waals surface area contributed by atoms with Crippen LogP contribution < -0.4 is 10.2 Å². The number of benzene rings is 2. The highest BCUT2D eigenvalue weighted by Crippen LogP contribution is 2.22. The van der Waals surface area contributed by atoms with Crippen LogP contribution in [-0.2, 0) is 6.54 Å². The summed E-state index contributed by atoms with van der Waals surface area (Å²) in [6, 6.07) is 19.0. The molecule has 1 aliphatic rings. The zero-order chi connectivity index (χ0) is 14.5. The molecule has 0 saturated carbocycles. The second-order valence-electron chi connectivity index (χ2n) is 5.37. The molecule has 1 heterocycles. The first kappa shape index (κ1) is 13.7. The highest BCUT2D eigenvalue weighted by atomic mass is 15.1. The first-order valence-electron chi connectivity index (χ1n) is 7.47. The molecule has 2 aromatic rings. The molecular weight excluding hydrogens is 258 g/mol. The van der Waals surface area contributed by atoms with Crippen molar-refractivity contribution < 1.29 is 0 Å². The summed E-state index contributed by atoms with van der Waals surface area (Å²) in [5, 5.41) is 3.42. The molecule has 21 heavy (non-hydrogen) atoms. The summed E-state index contributed by atoms with van der Waals surface area (Å²) in [4.78, 5) is 6.91. The number of nitrogens with one attached hydrogen (secondary N) is 1. The number of amidine groups is 1.